The fourth-order valence-corrected chi connectivity index (χ4v) is 3.71. The maximum Gasteiger partial charge on any atom is 0.227 e. The van der Waals surface area contributed by atoms with E-state index in [1.807, 2.05) is 49.6 Å². The maximum atomic E-state index is 9.68. The molecule has 2 aromatic carbocycles. The highest BCUT2D eigenvalue weighted by Gasteiger charge is 2.19. The molecule has 1 unspecified atom stereocenters. The monoisotopic (exact) mass is 430 g/mol. The fraction of sp³-hybridized carbons (Fsp3) is 0.320. The second-order valence-corrected chi connectivity index (χ2v) is 7.83. The highest BCUT2D eigenvalue weighted by atomic mass is 16.3. The molecule has 0 aliphatic heterocycles. The van der Waals surface area contributed by atoms with Gasteiger partial charge in [-0.1, -0.05) is 67.6 Å². The molecule has 0 amide bonds. The van der Waals surface area contributed by atoms with Crippen molar-refractivity contribution in [3.63, 3.8) is 0 Å². The lowest BCUT2D eigenvalue weighted by Crippen LogP contribution is -2.27. The van der Waals surface area contributed by atoms with E-state index in [0.717, 1.165) is 36.5 Å². The third kappa shape index (κ3) is 4.89. The van der Waals surface area contributed by atoms with E-state index in [1.54, 1.807) is 0 Å². The van der Waals surface area contributed by atoms with E-state index in [1.165, 1.54) is 11.1 Å². The number of nitrogens with one attached hydrogen (secondary N) is 1. The summed E-state index contributed by atoms with van der Waals surface area (Å²) in [4.78, 5) is 16.6. The molecule has 7 heteroatoms. The minimum Gasteiger partial charge on any atom is -0.394 e. The second-order valence-electron chi connectivity index (χ2n) is 7.83. The zero-order valence-electron chi connectivity index (χ0n) is 18.6. The lowest BCUT2D eigenvalue weighted by Gasteiger charge is -2.23. The number of rotatable bonds is 10. The Morgan fingerprint density at radius 3 is 2.28 bits per heavy atom. The normalized spacial score (nSPS) is 12.1. The molecule has 0 radical (unpaired) electrons. The number of aliphatic hydroxyl groups is 1. The van der Waals surface area contributed by atoms with Crippen molar-refractivity contribution in [3.05, 3.63) is 78.1 Å². The van der Waals surface area contributed by atoms with Gasteiger partial charge < -0.3 is 19.9 Å². The first kappa shape index (κ1) is 21.8. The van der Waals surface area contributed by atoms with Crippen LogP contribution in [0.1, 0.15) is 31.4 Å². The first-order chi connectivity index (χ1) is 15.7. The molecule has 0 aliphatic rings. The van der Waals surface area contributed by atoms with Crippen molar-refractivity contribution >= 4 is 22.9 Å². The molecule has 0 saturated heterocycles. The van der Waals surface area contributed by atoms with Crippen LogP contribution < -0.4 is 10.2 Å². The number of aromatic nitrogens is 4. The molecule has 2 N–H and O–H groups in total. The summed E-state index contributed by atoms with van der Waals surface area (Å²) in [6.07, 6.45) is 2.61. The van der Waals surface area contributed by atoms with Gasteiger partial charge in [-0.05, 0) is 24.5 Å². The average molecular weight is 431 g/mol. The molecule has 4 rings (SSSR count). The van der Waals surface area contributed by atoms with Crippen LogP contribution >= 0.6 is 0 Å². The summed E-state index contributed by atoms with van der Waals surface area (Å²) in [5, 5.41) is 13.0. The highest BCUT2D eigenvalue weighted by molar-refractivity contribution is 5.85. The van der Waals surface area contributed by atoms with E-state index in [4.69, 9.17) is 15.0 Å². The Balaban J connectivity index is 1.77. The predicted octanol–water partition coefficient (Wildman–Crippen LogP) is 4.08. The zero-order valence-corrected chi connectivity index (χ0v) is 18.6. The van der Waals surface area contributed by atoms with Crippen LogP contribution in [0.5, 0.6) is 0 Å². The van der Waals surface area contributed by atoms with Crippen molar-refractivity contribution in [1.82, 2.24) is 19.5 Å². The summed E-state index contributed by atoms with van der Waals surface area (Å²) in [5.41, 5.74) is 3.95. The first-order valence-corrected chi connectivity index (χ1v) is 11.1. The number of imidazole rings is 1. The van der Waals surface area contributed by atoms with E-state index in [2.05, 4.69) is 46.0 Å². The molecule has 166 valence electrons. The lowest BCUT2D eigenvalue weighted by atomic mass is 10.2. The van der Waals surface area contributed by atoms with Gasteiger partial charge in [0.05, 0.1) is 25.5 Å². The maximum absolute atomic E-state index is 9.68. The van der Waals surface area contributed by atoms with Crippen molar-refractivity contribution in [2.24, 2.45) is 0 Å². The van der Waals surface area contributed by atoms with Crippen LogP contribution in [0.15, 0.2) is 67.0 Å². The number of nitrogens with zero attached hydrogens (tertiary/aromatic N) is 5. The molecule has 2 heterocycles. The van der Waals surface area contributed by atoms with Crippen molar-refractivity contribution < 1.29 is 5.11 Å². The topological polar surface area (TPSA) is 79.1 Å². The summed E-state index contributed by atoms with van der Waals surface area (Å²) < 4.78 is 2.05. The minimum atomic E-state index is -0.102. The molecule has 0 bridgehead atoms. The Hall–Kier alpha value is -3.45. The Kier molecular flexibility index (Phi) is 6.97. The van der Waals surface area contributed by atoms with Crippen LogP contribution in [0.25, 0.3) is 11.2 Å². The van der Waals surface area contributed by atoms with Gasteiger partial charge in [-0.3, -0.25) is 0 Å². The third-order valence-electron chi connectivity index (χ3n) is 5.59. The number of hydrogen-bond acceptors (Lipinski definition) is 6. The van der Waals surface area contributed by atoms with Gasteiger partial charge in [0, 0.05) is 13.1 Å². The molecule has 0 saturated carbocycles. The molecule has 32 heavy (non-hydrogen) atoms. The van der Waals surface area contributed by atoms with Gasteiger partial charge in [-0.15, -0.1) is 0 Å². The highest BCUT2D eigenvalue weighted by Crippen LogP contribution is 2.26. The van der Waals surface area contributed by atoms with Crippen molar-refractivity contribution in [2.75, 3.05) is 23.4 Å². The number of hydrogen-bond donors (Lipinski definition) is 2. The van der Waals surface area contributed by atoms with Crippen LogP contribution in [0.3, 0.4) is 0 Å². The number of aliphatic hydroxyl groups excluding tert-OH is 1. The predicted molar refractivity (Wildman–Crippen MR) is 129 cm³/mol. The molecule has 0 spiro atoms. The van der Waals surface area contributed by atoms with E-state index in [0.29, 0.717) is 12.5 Å². The fourth-order valence-electron chi connectivity index (χ4n) is 3.71. The van der Waals surface area contributed by atoms with Crippen LogP contribution in [-0.2, 0) is 13.1 Å². The summed E-state index contributed by atoms with van der Waals surface area (Å²) in [7, 11) is 0. The van der Waals surface area contributed by atoms with Crippen molar-refractivity contribution in [3.8, 4) is 0 Å². The summed E-state index contributed by atoms with van der Waals surface area (Å²) in [6.45, 7) is 6.36. The molecule has 4 aromatic rings. The zero-order chi connectivity index (χ0) is 22.3. The van der Waals surface area contributed by atoms with Crippen LogP contribution in [0.4, 0.5) is 11.8 Å². The SMILES string of the molecule is CCC(CO)Nc1nc(N(CC)Cc2ccccc2)c2ncn(Cc3ccccc3)c2n1. The lowest BCUT2D eigenvalue weighted by molar-refractivity contribution is 0.271. The second kappa shape index (κ2) is 10.2. The minimum absolute atomic E-state index is 0.0258. The Morgan fingerprint density at radius 1 is 0.969 bits per heavy atom. The smallest absolute Gasteiger partial charge is 0.227 e. The molecule has 7 nitrogen and oxygen atoms in total. The van der Waals surface area contributed by atoms with Gasteiger partial charge in [0.15, 0.2) is 17.0 Å². The Morgan fingerprint density at radius 2 is 1.66 bits per heavy atom. The quantitative estimate of drug-likeness (QED) is 0.395. The summed E-state index contributed by atoms with van der Waals surface area (Å²) >= 11 is 0. The van der Waals surface area contributed by atoms with E-state index in [-0.39, 0.29) is 12.6 Å². The van der Waals surface area contributed by atoms with Crippen LogP contribution in [0, 0.1) is 0 Å². The Bertz CT molecular complexity index is 1130. The molecule has 2 aromatic heterocycles. The van der Waals surface area contributed by atoms with Gasteiger partial charge in [0.1, 0.15) is 0 Å². The largest absolute Gasteiger partial charge is 0.394 e. The molecular weight excluding hydrogens is 400 g/mol. The van der Waals surface area contributed by atoms with Crippen molar-refractivity contribution in [2.45, 2.75) is 39.4 Å². The van der Waals surface area contributed by atoms with Gasteiger partial charge in [-0.25, -0.2) is 4.98 Å². The number of benzene rings is 2. The van der Waals surface area contributed by atoms with Gasteiger partial charge in [-0.2, -0.15) is 9.97 Å². The first-order valence-electron chi connectivity index (χ1n) is 11.1. The molecular formula is C25H30N6O. The number of anilines is 2. The van der Waals surface area contributed by atoms with E-state index < -0.39 is 0 Å². The average Bonchev–Trinajstić information content (AvgIpc) is 3.24. The standard InChI is InChI=1S/C25H30N6O/c1-3-21(17-32)27-25-28-23(30(4-2)15-19-11-7-5-8-12-19)22-24(29-25)31(18-26-22)16-20-13-9-6-10-14-20/h5-14,18,21,32H,3-4,15-17H2,1-2H3,(H,27,28,29). The summed E-state index contributed by atoms with van der Waals surface area (Å²) in [5.74, 6) is 1.30. The van der Waals surface area contributed by atoms with Crippen LogP contribution in [0.2, 0.25) is 0 Å². The van der Waals surface area contributed by atoms with Gasteiger partial charge in [0.25, 0.3) is 0 Å². The van der Waals surface area contributed by atoms with E-state index >= 15 is 0 Å². The Labute approximate surface area is 188 Å². The van der Waals surface area contributed by atoms with E-state index in [9.17, 15) is 5.11 Å². The summed E-state index contributed by atoms with van der Waals surface area (Å²) in [6, 6.07) is 20.5. The molecule has 0 fully saturated rings. The molecule has 0 aliphatic carbocycles. The number of fused-ring (bicyclic) bond motifs is 1. The third-order valence-corrected chi connectivity index (χ3v) is 5.59. The van der Waals surface area contributed by atoms with Gasteiger partial charge in [0.2, 0.25) is 5.95 Å². The van der Waals surface area contributed by atoms with Gasteiger partial charge >= 0.3 is 0 Å². The van der Waals surface area contributed by atoms with Crippen molar-refractivity contribution in [1.29, 1.82) is 0 Å². The van der Waals surface area contributed by atoms with Crippen LogP contribution in [-0.4, -0.2) is 43.8 Å². The molecule has 1 atom stereocenters.